The number of carboxylic acids is 1. The average Bonchev–Trinajstić information content (AvgIpc) is 2.87. The molecule has 0 aliphatic carbocycles. The van der Waals surface area contributed by atoms with E-state index in [2.05, 4.69) is 27.7 Å². The Morgan fingerprint density at radius 3 is 0.737 bits per heavy atom. The lowest BCUT2D eigenvalue weighted by Gasteiger charge is -2.12. The van der Waals surface area contributed by atoms with Gasteiger partial charge in [0, 0.05) is 0 Å². The van der Waals surface area contributed by atoms with E-state index in [1.807, 2.05) is 0 Å². The average molecular weight is 537 g/mol. The van der Waals surface area contributed by atoms with Gasteiger partial charge in [-0.2, -0.15) is 0 Å². The van der Waals surface area contributed by atoms with Crippen molar-refractivity contribution in [3.05, 3.63) is 0 Å². The smallest absolute Gasteiger partial charge is 0.306 e. The third-order valence-electron chi connectivity index (χ3n) is 8.52. The standard InChI is InChI=1S/C36H72O2/c1-33(2)29-25-21-17-13-10-8-6-5-7-9-11-15-19-23-27-31-35(36(37)38)32-28-24-20-16-12-14-18-22-26-30-34(3)4/h33-35H,5-32H2,1-4H3,(H,37,38). The number of unbranched alkanes of at least 4 members (excludes halogenated alkanes) is 22. The van der Waals surface area contributed by atoms with Crippen molar-refractivity contribution in [3.8, 4) is 0 Å². The molecule has 228 valence electrons. The summed E-state index contributed by atoms with van der Waals surface area (Å²) in [7, 11) is 0. The van der Waals surface area contributed by atoms with Crippen LogP contribution in [0.1, 0.15) is 207 Å². The second kappa shape index (κ2) is 29.5. The van der Waals surface area contributed by atoms with Crippen LogP contribution in [0, 0.1) is 17.8 Å². The van der Waals surface area contributed by atoms with E-state index < -0.39 is 5.97 Å². The van der Waals surface area contributed by atoms with Crippen LogP contribution in [-0.4, -0.2) is 11.1 Å². The summed E-state index contributed by atoms with van der Waals surface area (Å²) in [5.41, 5.74) is 0. The number of hydrogen-bond donors (Lipinski definition) is 1. The monoisotopic (exact) mass is 537 g/mol. The predicted molar refractivity (Wildman–Crippen MR) is 170 cm³/mol. The van der Waals surface area contributed by atoms with Gasteiger partial charge in [0.05, 0.1) is 5.92 Å². The van der Waals surface area contributed by atoms with Gasteiger partial charge in [-0.1, -0.05) is 195 Å². The highest BCUT2D eigenvalue weighted by molar-refractivity contribution is 5.69. The molecule has 0 aliphatic heterocycles. The molecule has 1 unspecified atom stereocenters. The summed E-state index contributed by atoms with van der Waals surface area (Å²) in [5.74, 6) is 1.06. The Bertz CT molecular complexity index is 470. The lowest BCUT2D eigenvalue weighted by Crippen LogP contribution is -2.13. The molecule has 0 saturated heterocycles. The summed E-state index contributed by atoms with van der Waals surface area (Å²) in [6.07, 6.45) is 37.1. The molecule has 0 fully saturated rings. The zero-order valence-electron chi connectivity index (χ0n) is 26.9. The first kappa shape index (κ1) is 37.5. The first-order valence-corrected chi connectivity index (χ1v) is 17.7. The predicted octanol–water partition coefficient (Wildman–Crippen LogP) is 12.9. The van der Waals surface area contributed by atoms with Crippen LogP contribution in [0.5, 0.6) is 0 Å². The molecule has 38 heavy (non-hydrogen) atoms. The molecule has 2 heteroatoms. The third-order valence-corrected chi connectivity index (χ3v) is 8.52. The first-order valence-electron chi connectivity index (χ1n) is 17.7. The lowest BCUT2D eigenvalue weighted by atomic mass is 9.94. The van der Waals surface area contributed by atoms with Crippen LogP contribution in [0.4, 0.5) is 0 Å². The highest BCUT2D eigenvalue weighted by Crippen LogP contribution is 2.20. The Kier molecular flexibility index (Phi) is 29.0. The molecule has 1 atom stereocenters. The normalized spacial score (nSPS) is 12.6. The number of carboxylic acid groups (broad SMARTS) is 1. The summed E-state index contributed by atoms with van der Waals surface area (Å²) in [4.78, 5) is 11.6. The third kappa shape index (κ3) is 30.0. The number of carbonyl (C=O) groups is 1. The van der Waals surface area contributed by atoms with Gasteiger partial charge in [0.15, 0.2) is 0 Å². The van der Waals surface area contributed by atoms with Crippen LogP contribution in [0.2, 0.25) is 0 Å². The molecule has 0 heterocycles. The molecular formula is C36H72O2. The summed E-state index contributed by atoms with van der Waals surface area (Å²) < 4.78 is 0. The molecule has 0 radical (unpaired) electrons. The van der Waals surface area contributed by atoms with Crippen LogP contribution < -0.4 is 0 Å². The molecule has 0 amide bonds. The van der Waals surface area contributed by atoms with Crippen molar-refractivity contribution >= 4 is 5.97 Å². The second-order valence-electron chi connectivity index (χ2n) is 13.5. The van der Waals surface area contributed by atoms with Crippen LogP contribution in [0.3, 0.4) is 0 Å². The van der Waals surface area contributed by atoms with E-state index >= 15 is 0 Å². The summed E-state index contributed by atoms with van der Waals surface area (Å²) in [6, 6.07) is 0. The second-order valence-corrected chi connectivity index (χ2v) is 13.5. The first-order chi connectivity index (χ1) is 18.4. The van der Waals surface area contributed by atoms with Gasteiger partial charge in [-0.05, 0) is 24.7 Å². The van der Waals surface area contributed by atoms with Crippen molar-refractivity contribution < 1.29 is 9.90 Å². The molecule has 0 aromatic heterocycles. The maximum Gasteiger partial charge on any atom is 0.306 e. The minimum atomic E-state index is -0.558. The largest absolute Gasteiger partial charge is 0.481 e. The van der Waals surface area contributed by atoms with Crippen molar-refractivity contribution in [1.82, 2.24) is 0 Å². The van der Waals surface area contributed by atoms with Gasteiger partial charge in [-0.3, -0.25) is 4.79 Å². The molecule has 0 rings (SSSR count). The molecule has 0 aromatic carbocycles. The van der Waals surface area contributed by atoms with Crippen molar-refractivity contribution in [2.75, 3.05) is 0 Å². The SMILES string of the molecule is CC(C)CCCCCCCCCCCCCCCCCC(CCCCCCCCCCCC(C)C)C(=O)O. The van der Waals surface area contributed by atoms with Crippen LogP contribution >= 0.6 is 0 Å². The highest BCUT2D eigenvalue weighted by Gasteiger charge is 2.16. The molecule has 0 saturated carbocycles. The Balaban J connectivity index is 3.39. The van der Waals surface area contributed by atoms with Crippen LogP contribution in [0.25, 0.3) is 0 Å². The van der Waals surface area contributed by atoms with E-state index in [1.165, 1.54) is 154 Å². The zero-order valence-corrected chi connectivity index (χ0v) is 26.9. The minimum Gasteiger partial charge on any atom is -0.481 e. The molecule has 0 aromatic rings. The lowest BCUT2D eigenvalue weighted by molar-refractivity contribution is -0.142. The fourth-order valence-corrected chi connectivity index (χ4v) is 5.81. The zero-order chi connectivity index (χ0) is 28.1. The maximum atomic E-state index is 11.6. The highest BCUT2D eigenvalue weighted by atomic mass is 16.4. The topological polar surface area (TPSA) is 37.3 Å². The summed E-state index contributed by atoms with van der Waals surface area (Å²) in [6.45, 7) is 9.30. The summed E-state index contributed by atoms with van der Waals surface area (Å²) >= 11 is 0. The van der Waals surface area contributed by atoms with E-state index in [1.54, 1.807) is 0 Å². The van der Waals surface area contributed by atoms with Gasteiger partial charge in [0.2, 0.25) is 0 Å². The molecule has 0 aliphatic rings. The molecule has 0 spiro atoms. The fraction of sp³-hybridized carbons (Fsp3) is 0.972. The Morgan fingerprint density at radius 1 is 0.368 bits per heavy atom. The van der Waals surface area contributed by atoms with E-state index in [0.29, 0.717) is 0 Å². The fourth-order valence-electron chi connectivity index (χ4n) is 5.81. The van der Waals surface area contributed by atoms with E-state index in [9.17, 15) is 9.90 Å². The van der Waals surface area contributed by atoms with E-state index in [0.717, 1.165) is 37.5 Å². The van der Waals surface area contributed by atoms with E-state index in [4.69, 9.17) is 0 Å². The quantitative estimate of drug-likeness (QED) is 0.0894. The van der Waals surface area contributed by atoms with Crippen LogP contribution in [0.15, 0.2) is 0 Å². The van der Waals surface area contributed by atoms with Gasteiger partial charge >= 0.3 is 5.97 Å². The Morgan fingerprint density at radius 2 is 0.553 bits per heavy atom. The summed E-state index contributed by atoms with van der Waals surface area (Å²) in [5, 5.41) is 9.59. The van der Waals surface area contributed by atoms with Gasteiger partial charge in [0.1, 0.15) is 0 Å². The van der Waals surface area contributed by atoms with Crippen molar-refractivity contribution in [2.45, 2.75) is 207 Å². The van der Waals surface area contributed by atoms with Gasteiger partial charge in [0.25, 0.3) is 0 Å². The Hall–Kier alpha value is -0.530. The molecule has 1 N–H and O–H groups in total. The molecule has 2 nitrogen and oxygen atoms in total. The maximum absolute atomic E-state index is 11.6. The van der Waals surface area contributed by atoms with Crippen molar-refractivity contribution in [3.63, 3.8) is 0 Å². The number of aliphatic carboxylic acids is 1. The Labute approximate surface area is 240 Å². The van der Waals surface area contributed by atoms with Crippen molar-refractivity contribution in [1.29, 1.82) is 0 Å². The molecule has 0 bridgehead atoms. The van der Waals surface area contributed by atoms with Crippen LogP contribution in [-0.2, 0) is 4.79 Å². The number of rotatable bonds is 31. The minimum absolute atomic E-state index is 0.101. The number of hydrogen-bond acceptors (Lipinski definition) is 1. The van der Waals surface area contributed by atoms with E-state index in [-0.39, 0.29) is 5.92 Å². The van der Waals surface area contributed by atoms with Gasteiger partial charge in [-0.25, -0.2) is 0 Å². The van der Waals surface area contributed by atoms with Gasteiger partial charge < -0.3 is 5.11 Å². The van der Waals surface area contributed by atoms with Crippen molar-refractivity contribution in [2.24, 2.45) is 17.8 Å². The van der Waals surface area contributed by atoms with Gasteiger partial charge in [-0.15, -0.1) is 0 Å². The molecular weight excluding hydrogens is 464 g/mol.